The zero-order valence-electron chi connectivity index (χ0n) is 9.04. The Morgan fingerprint density at radius 3 is 2.80 bits per heavy atom. The van der Waals surface area contributed by atoms with Crippen LogP contribution >= 0.6 is 0 Å². The number of primary amides is 1. The van der Waals surface area contributed by atoms with E-state index in [1.54, 1.807) is 0 Å². The van der Waals surface area contributed by atoms with Gasteiger partial charge in [0.15, 0.2) is 0 Å². The van der Waals surface area contributed by atoms with Crippen LogP contribution in [0.2, 0.25) is 0 Å². The molecule has 0 radical (unpaired) electrons. The van der Waals surface area contributed by atoms with Gasteiger partial charge in [-0.25, -0.2) is 0 Å². The van der Waals surface area contributed by atoms with Crippen LogP contribution in [0.3, 0.4) is 0 Å². The average Bonchev–Trinajstić information content (AvgIpc) is 2.63. The number of nitrogens with one attached hydrogen (secondary N) is 1. The van der Waals surface area contributed by atoms with Crippen molar-refractivity contribution in [3.63, 3.8) is 0 Å². The summed E-state index contributed by atoms with van der Waals surface area (Å²) in [6.07, 6.45) is 4.87. The summed E-state index contributed by atoms with van der Waals surface area (Å²) in [6.45, 7) is 3.59. The number of carbonyl (C=O) groups excluding carboxylic acids is 1. The molecule has 3 rings (SSSR count). The van der Waals surface area contributed by atoms with Crippen molar-refractivity contribution >= 4 is 5.91 Å². The molecule has 1 aliphatic carbocycles. The number of nitrogens with two attached hydrogens (primary N) is 1. The van der Waals surface area contributed by atoms with Crippen LogP contribution in [0.25, 0.3) is 0 Å². The molecule has 2 aliphatic heterocycles. The first kappa shape index (κ1) is 9.60. The molecule has 3 unspecified atom stereocenters. The maximum atomic E-state index is 11.1. The molecule has 3 aliphatic rings. The molecule has 3 fully saturated rings. The predicted molar refractivity (Wildman–Crippen MR) is 57.2 cm³/mol. The molecule has 84 valence electrons. The molecule has 0 aromatic carbocycles. The molecule has 2 saturated heterocycles. The Labute approximate surface area is 90.2 Å². The van der Waals surface area contributed by atoms with E-state index >= 15 is 0 Å². The van der Waals surface area contributed by atoms with Crippen LogP contribution in [-0.4, -0.2) is 42.0 Å². The van der Waals surface area contributed by atoms with Crippen LogP contribution in [0.5, 0.6) is 0 Å². The van der Waals surface area contributed by atoms with Gasteiger partial charge in [-0.2, -0.15) is 0 Å². The molecular formula is C11H19N3O. The van der Waals surface area contributed by atoms with Crippen LogP contribution in [0.15, 0.2) is 0 Å². The second kappa shape index (κ2) is 3.19. The fourth-order valence-corrected chi connectivity index (χ4v) is 3.32. The van der Waals surface area contributed by atoms with Gasteiger partial charge in [-0.15, -0.1) is 0 Å². The smallest absolute Gasteiger partial charge is 0.234 e. The first-order chi connectivity index (χ1) is 7.20. The second-order valence-corrected chi connectivity index (χ2v) is 5.38. The minimum absolute atomic E-state index is 0.0636. The minimum atomic E-state index is -0.178. The van der Waals surface area contributed by atoms with E-state index in [2.05, 4.69) is 10.2 Å². The van der Waals surface area contributed by atoms with E-state index < -0.39 is 0 Å². The van der Waals surface area contributed by atoms with Crippen molar-refractivity contribution in [1.29, 1.82) is 0 Å². The fraction of sp³-hybridized carbons (Fsp3) is 0.909. The fourth-order valence-electron chi connectivity index (χ4n) is 3.32. The first-order valence-electron chi connectivity index (χ1n) is 5.99. The number of likely N-dealkylation sites (tertiary alicyclic amines) is 1. The summed E-state index contributed by atoms with van der Waals surface area (Å²) in [6, 6.07) is -0.0636. The lowest BCUT2D eigenvalue weighted by molar-refractivity contribution is -0.120. The van der Waals surface area contributed by atoms with E-state index in [0.717, 1.165) is 13.0 Å². The Morgan fingerprint density at radius 1 is 1.47 bits per heavy atom. The van der Waals surface area contributed by atoms with Crippen LogP contribution < -0.4 is 11.1 Å². The van der Waals surface area contributed by atoms with E-state index in [1.165, 1.54) is 32.4 Å². The van der Waals surface area contributed by atoms with E-state index in [0.29, 0.717) is 5.92 Å². The topological polar surface area (TPSA) is 58.4 Å². The molecule has 4 heteroatoms. The zero-order valence-corrected chi connectivity index (χ0v) is 9.04. The van der Waals surface area contributed by atoms with Gasteiger partial charge in [0.1, 0.15) is 0 Å². The summed E-state index contributed by atoms with van der Waals surface area (Å²) in [5.41, 5.74) is 5.59. The number of piperidine rings is 1. The lowest BCUT2D eigenvalue weighted by Crippen LogP contribution is -2.48. The Morgan fingerprint density at radius 2 is 2.20 bits per heavy atom. The van der Waals surface area contributed by atoms with E-state index in [4.69, 9.17) is 5.73 Å². The van der Waals surface area contributed by atoms with E-state index in [1.807, 2.05) is 0 Å². The third kappa shape index (κ3) is 1.56. The van der Waals surface area contributed by atoms with Crippen LogP contribution in [0.4, 0.5) is 0 Å². The van der Waals surface area contributed by atoms with Crippen molar-refractivity contribution < 1.29 is 4.79 Å². The zero-order chi connectivity index (χ0) is 10.5. The number of nitrogens with zero attached hydrogens (tertiary/aromatic N) is 1. The lowest BCUT2D eigenvalue weighted by Gasteiger charge is -2.23. The number of rotatable bonds is 3. The highest BCUT2D eigenvalue weighted by Gasteiger charge is 2.61. The summed E-state index contributed by atoms with van der Waals surface area (Å²) in [5.74, 6) is 0.526. The van der Waals surface area contributed by atoms with Gasteiger partial charge in [0.2, 0.25) is 5.91 Å². The quantitative estimate of drug-likeness (QED) is 0.670. The van der Waals surface area contributed by atoms with E-state index in [-0.39, 0.29) is 17.5 Å². The number of hydrogen-bond acceptors (Lipinski definition) is 3. The van der Waals surface area contributed by atoms with Gasteiger partial charge in [0, 0.05) is 12.1 Å². The van der Waals surface area contributed by atoms with Crippen molar-refractivity contribution in [2.45, 2.75) is 37.3 Å². The van der Waals surface area contributed by atoms with Crippen molar-refractivity contribution in [3.8, 4) is 0 Å². The first-order valence-corrected chi connectivity index (χ1v) is 5.99. The van der Waals surface area contributed by atoms with Gasteiger partial charge in [-0.3, -0.25) is 10.1 Å². The van der Waals surface area contributed by atoms with Gasteiger partial charge in [0.25, 0.3) is 0 Å². The molecule has 2 heterocycles. The van der Waals surface area contributed by atoms with Gasteiger partial charge in [0.05, 0.1) is 6.04 Å². The number of hydrogen-bond donors (Lipinski definition) is 2. The SMILES string of the molecule is NC(=O)C1CC2CC2(CN2CCCC2)N1. The van der Waals surface area contributed by atoms with Crippen molar-refractivity contribution in [3.05, 3.63) is 0 Å². The van der Waals surface area contributed by atoms with Gasteiger partial charge in [-0.1, -0.05) is 0 Å². The third-order valence-corrected chi connectivity index (χ3v) is 4.26. The molecule has 3 N–H and O–H groups in total. The lowest BCUT2D eigenvalue weighted by atomic mass is 10.2. The molecular weight excluding hydrogens is 190 g/mol. The average molecular weight is 209 g/mol. The molecule has 0 aromatic rings. The molecule has 0 spiro atoms. The molecule has 4 nitrogen and oxygen atoms in total. The van der Waals surface area contributed by atoms with Crippen LogP contribution in [-0.2, 0) is 4.79 Å². The van der Waals surface area contributed by atoms with Crippen molar-refractivity contribution in [2.24, 2.45) is 11.7 Å². The Balaban J connectivity index is 1.60. The van der Waals surface area contributed by atoms with Crippen LogP contribution in [0.1, 0.15) is 25.7 Å². The second-order valence-electron chi connectivity index (χ2n) is 5.38. The van der Waals surface area contributed by atoms with Crippen molar-refractivity contribution in [2.75, 3.05) is 19.6 Å². The molecule has 1 saturated carbocycles. The molecule has 1 amide bonds. The summed E-state index contributed by atoms with van der Waals surface area (Å²) < 4.78 is 0. The maximum absolute atomic E-state index is 11.1. The standard InChI is InChI=1S/C11H19N3O/c12-10(15)9-5-8-6-11(8,13-9)7-14-3-1-2-4-14/h8-9,13H,1-7H2,(H2,12,15). The van der Waals surface area contributed by atoms with Gasteiger partial charge < -0.3 is 10.6 Å². The number of amides is 1. The maximum Gasteiger partial charge on any atom is 0.234 e. The molecule has 0 aromatic heterocycles. The highest BCUT2D eigenvalue weighted by Crippen LogP contribution is 2.52. The molecule has 3 atom stereocenters. The Kier molecular flexibility index (Phi) is 2.04. The van der Waals surface area contributed by atoms with E-state index in [9.17, 15) is 4.79 Å². The van der Waals surface area contributed by atoms with Gasteiger partial charge >= 0.3 is 0 Å². The highest BCUT2D eigenvalue weighted by atomic mass is 16.1. The molecule has 15 heavy (non-hydrogen) atoms. The number of fused-ring (bicyclic) bond motifs is 1. The Bertz CT molecular complexity index is 288. The monoisotopic (exact) mass is 209 g/mol. The minimum Gasteiger partial charge on any atom is -0.368 e. The van der Waals surface area contributed by atoms with Crippen molar-refractivity contribution in [1.82, 2.24) is 10.2 Å². The largest absolute Gasteiger partial charge is 0.368 e. The van der Waals surface area contributed by atoms with Gasteiger partial charge in [-0.05, 0) is 44.7 Å². The normalized spacial score (nSPS) is 44.3. The highest BCUT2D eigenvalue weighted by molar-refractivity contribution is 5.80. The summed E-state index contributed by atoms with van der Waals surface area (Å²) in [4.78, 5) is 13.6. The molecule has 0 bridgehead atoms. The predicted octanol–water partition coefficient (Wildman–Crippen LogP) is -0.312. The summed E-state index contributed by atoms with van der Waals surface area (Å²) >= 11 is 0. The van der Waals surface area contributed by atoms with Crippen LogP contribution in [0, 0.1) is 5.92 Å². The Hall–Kier alpha value is -0.610. The summed E-state index contributed by atoms with van der Waals surface area (Å²) in [7, 11) is 0. The number of carbonyl (C=O) groups is 1. The third-order valence-electron chi connectivity index (χ3n) is 4.26. The summed E-state index contributed by atoms with van der Waals surface area (Å²) in [5, 5.41) is 3.45.